The maximum atomic E-state index is 12.4. The lowest BCUT2D eigenvalue weighted by Gasteiger charge is -2.24. The number of fused-ring (bicyclic) bond motifs is 1. The zero-order valence-corrected chi connectivity index (χ0v) is 15.4. The van der Waals surface area contributed by atoms with E-state index >= 15 is 0 Å². The molecule has 3 N–H and O–H groups in total. The van der Waals surface area contributed by atoms with Gasteiger partial charge in [-0.2, -0.15) is 0 Å². The summed E-state index contributed by atoms with van der Waals surface area (Å²) in [6.45, 7) is 1.04. The van der Waals surface area contributed by atoms with Crippen molar-refractivity contribution in [3.8, 4) is 0 Å². The summed E-state index contributed by atoms with van der Waals surface area (Å²) < 4.78 is 22.9. The van der Waals surface area contributed by atoms with Crippen LogP contribution in [0.15, 0.2) is 23.1 Å². The number of primary sulfonamides is 1. The first-order chi connectivity index (χ1) is 11.9. The molecule has 0 atom stereocenters. The van der Waals surface area contributed by atoms with Crippen LogP contribution in [0.1, 0.15) is 50.5 Å². The number of hydrogen-bond donors (Lipinski definition) is 2. The SMILES string of the molecule is NS(=O)(=O)c1ccc2c(c1)CCN2CC(=O)NC1CCCCCCC1. The van der Waals surface area contributed by atoms with Crippen LogP contribution in [0.4, 0.5) is 5.69 Å². The molecule has 1 fully saturated rings. The van der Waals surface area contributed by atoms with Gasteiger partial charge < -0.3 is 10.2 Å². The Bertz CT molecular complexity index is 725. The summed E-state index contributed by atoms with van der Waals surface area (Å²) in [6.07, 6.45) is 9.08. The fourth-order valence-corrected chi connectivity index (χ4v) is 4.40. The standard InChI is InChI=1S/C18H27N3O3S/c19-25(23,24)16-8-9-17-14(12-16)10-11-21(17)13-18(22)20-15-6-4-2-1-3-5-7-15/h8-9,12,15H,1-7,10-11,13H2,(H,20,22)(H2,19,23,24). The van der Waals surface area contributed by atoms with Crippen LogP contribution < -0.4 is 15.4 Å². The highest BCUT2D eigenvalue weighted by Crippen LogP contribution is 2.29. The molecule has 6 nitrogen and oxygen atoms in total. The molecule has 0 spiro atoms. The highest BCUT2D eigenvalue weighted by molar-refractivity contribution is 7.89. The van der Waals surface area contributed by atoms with Gasteiger partial charge >= 0.3 is 0 Å². The Morgan fingerprint density at radius 2 is 1.84 bits per heavy atom. The number of rotatable bonds is 4. The normalized spacial score (nSPS) is 19.2. The third-order valence-electron chi connectivity index (χ3n) is 5.18. The number of amides is 1. The number of nitrogens with zero attached hydrogens (tertiary/aromatic N) is 1. The van der Waals surface area contributed by atoms with Crippen molar-refractivity contribution in [2.75, 3.05) is 18.0 Å². The molecule has 138 valence electrons. The highest BCUT2D eigenvalue weighted by Gasteiger charge is 2.24. The molecule has 1 saturated carbocycles. The summed E-state index contributed by atoms with van der Waals surface area (Å²) in [4.78, 5) is 14.6. The minimum absolute atomic E-state index is 0.0500. The fourth-order valence-electron chi connectivity index (χ4n) is 3.83. The molecule has 0 saturated heterocycles. The second-order valence-corrected chi connectivity index (χ2v) is 8.68. The van der Waals surface area contributed by atoms with Crippen molar-refractivity contribution in [3.63, 3.8) is 0 Å². The van der Waals surface area contributed by atoms with E-state index in [2.05, 4.69) is 5.32 Å². The van der Waals surface area contributed by atoms with Crippen LogP contribution in [0.2, 0.25) is 0 Å². The second-order valence-electron chi connectivity index (χ2n) is 7.12. The molecule has 0 aromatic heterocycles. The molecule has 3 rings (SSSR count). The predicted molar refractivity (Wildman–Crippen MR) is 98.0 cm³/mol. The van der Waals surface area contributed by atoms with Crippen molar-refractivity contribution in [1.82, 2.24) is 5.32 Å². The van der Waals surface area contributed by atoms with Crippen LogP contribution in [-0.4, -0.2) is 33.5 Å². The van der Waals surface area contributed by atoms with Crippen LogP contribution in [-0.2, 0) is 21.2 Å². The Kier molecular flexibility index (Phi) is 5.64. The fraction of sp³-hybridized carbons (Fsp3) is 0.611. The van der Waals surface area contributed by atoms with Gasteiger partial charge in [-0.05, 0) is 43.0 Å². The van der Waals surface area contributed by atoms with Crippen LogP contribution in [0, 0.1) is 0 Å². The zero-order valence-electron chi connectivity index (χ0n) is 14.5. The molecule has 0 radical (unpaired) electrons. The quantitative estimate of drug-likeness (QED) is 0.853. The number of nitrogens with two attached hydrogens (primary N) is 1. The number of benzene rings is 1. The molecule has 1 amide bonds. The lowest BCUT2D eigenvalue weighted by atomic mass is 9.97. The number of hydrogen-bond acceptors (Lipinski definition) is 4. The van der Waals surface area contributed by atoms with Crippen LogP contribution in [0.25, 0.3) is 0 Å². The van der Waals surface area contributed by atoms with Gasteiger partial charge in [-0.3, -0.25) is 4.79 Å². The zero-order chi connectivity index (χ0) is 17.9. The minimum Gasteiger partial charge on any atom is -0.362 e. The monoisotopic (exact) mass is 365 g/mol. The largest absolute Gasteiger partial charge is 0.362 e. The van der Waals surface area contributed by atoms with Gasteiger partial charge in [0, 0.05) is 18.3 Å². The third-order valence-corrected chi connectivity index (χ3v) is 6.09. The Hall–Kier alpha value is -1.60. The van der Waals surface area contributed by atoms with Crippen LogP contribution >= 0.6 is 0 Å². The van der Waals surface area contributed by atoms with Crippen molar-refractivity contribution in [3.05, 3.63) is 23.8 Å². The van der Waals surface area contributed by atoms with E-state index in [-0.39, 0.29) is 10.8 Å². The molecule has 1 aromatic carbocycles. The lowest BCUT2D eigenvalue weighted by molar-refractivity contribution is -0.120. The molecule has 25 heavy (non-hydrogen) atoms. The van der Waals surface area contributed by atoms with Crippen molar-refractivity contribution in [2.24, 2.45) is 5.14 Å². The average molecular weight is 365 g/mol. The van der Waals surface area contributed by atoms with Crippen molar-refractivity contribution >= 4 is 21.6 Å². The predicted octanol–water partition coefficient (Wildman–Crippen LogP) is 1.93. The van der Waals surface area contributed by atoms with E-state index in [1.54, 1.807) is 12.1 Å². The summed E-state index contributed by atoms with van der Waals surface area (Å²) in [5, 5.41) is 8.37. The van der Waals surface area contributed by atoms with E-state index in [1.807, 2.05) is 4.90 Å². The van der Waals surface area contributed by atoms with E-state index in [0.717, 1.165) is 37.1 Å². The topological polar surface area (TPSA) is 92.5 Å². The molecule has 0 bridgehead atoms. The van der Waals surface area contributed by atoms with Gasteiger partial charge in [-0.15, -0.1) is 0 Å². The first-order valence-corrected chi connectivity index (χ1v) is 10.7. The molecule has 1 heterocycles. The Balaban J connectivity index is 1.60. The van der Waals surface area contributed by atoms with E-state index in [1.165, 1.54) is 38.2 Å². The van der Waals surface area contributed by atoms with Gasteiger partial charge in [0.1, 0.15) is 0 Å². The van der Waals surface area contributed by atoms with Gasteiger partial charge in [-0.1, -0.05) is 32.1 Å². The van der Waals surface area contributed by atoms with E-state index in [9.17, 15) is 13.2 Å². The van der Waals surface area contributed by atoms with Gasteiger partial charge in [0.2, 0.25) is 15.9 Å². The Morgan fingerprint density at radius 1 is 1.16 bits per heavy atom. The second kappa shape index (κ2) is 7.74. The smallest absolute Gasteiger partial charge is 0.239 e. The first-order valence-electron chi connectivity index (χ1n) is 9.13. The summed E-state index contributed by atoms with van der Waals surface area (Å²) in [5.74, 6) is 0.0500. The minimum atomic E-state index is -3.69. The van der Waals surface area contributed by atoms with E-state index in [4.69, 9.17) is 5.14 Å². The van der Waals surface area contributed by atoms with Gasteiger partial charge in [0.05, 0.1) is 11.4 Å². The van der Waals surface area contributed by atoms with E-state index in [0.29, 0.717) is 12.6 Å². The van der Waals surface area contributed by atoms with Crippen LogP contribution in [0.3, 0.4) is 0 Å². The van der Waals surface area contributed by atoms with Gasteiger partial charge in [0.15, 0.2) is 0 Å². The molecule has 2 aliphatic rings. The number of anilines is 1. The number of carbonyl (C=O) groups is 1. The summed E-state index contributed by atoms with van der Waals surface area (Å²) >= 11 is 0. The lowest BCUT2D eigenvalue weighted by Crippen LogP contribution is -2.42. The van der Waals surface area contributed by atoms with Crippen molar-refractivity contribution in [1.29, 1.82) is 0 Å². The van der Waals surface area contributed by atoms with Gasteiger partial charge in [-0.25, -0.2) is 13.6 Å². The maximum Gasteiger partial charge on any atom is 0.239 e. The highest BCUT2D eigenvalue weighted by atomic mass is 32.2. The molecule has 1 aromatic rings. The molecule has 7 heteroatoms. The Labute approximate surface area is 149 Å². The molecular weight excluding hydrogens is 338 g/mol. The van der Waals surface area contributed by atoms with Crippen molar-refractivity contribution < 1.29 is 13.2 Å². The molecular formula is C18H27N3O3S. The summed E-state index contributed by atoms with van der Waals surface area (Å²) in [5.41, 5.74) is 1.87. The van der Waals surface area contributed by atoms with Gasteiger partial charge in [0.25, 0.3) is 0 Å². The Morgan fingerprint density at radius 3 is 2.52 bits per heavy atom. The average Bonchev–Trinajstić information content (AvgIpc) is 2.91. The molecule has 0 unspecified atom stereocenters. The first kappa shape index (κ1) is 18.2. The summed E-state index contributed by atoms with van der Waals surface area (Å²) in [7, 11) is -3.69. The number of nitrogens with one attached hydrogen (secondary N) is 1. The number of sulfonamides is 1. The molecule has 1 aliphatic heterocycles. The van der Waals surface area contributed by atoms with E-state index < -0.39 is 10.0 Å². The third kappa shape index (κ3) is 4.73. The van der Waals surface area contributed by atoms with Crippen LogP contribution in [0.5, 0.6) is 0 Å². The maximum absolute atomic E-state index is 12.4. The molecule has 1 aliphatic carbocycles. The van der Waals surface area contributed by atoms with Crippen molar-refractivity contribution in [2.45, 2.75) is 62.3 Å². The number of carbonyl (C=O) groups excluding carboxylic acids is 1. The summed E-state index contributed by atoms with van der Waals surface area (Å²) in [6, 6.07) is 5.18.